The molecule has 0 aliphatic heterocycles. The summed E-state index contributed by atoms with van der Waals surface area (Å²) in [5.74, 6) is -0.193. The number of phosphoric ester groups is 1. The molecule has 0 saturated heterocycles. The number of unbranched alkanes of at least 4 members (excludes halogenated alkanes) is 37. The Balaban J connectivity index is 4.10. The van der Waals surface area contributed by atoms with Crippen LogP contribution in [0.25, 0.3) is 0 Å². The molecule has 8 nitrogen and oxygen atoms in total. The highest BCUT2D eigenvalue weighted by atomic mass is 31.2. The number of carbonyl (C=O) groups excluding carboxylic acids is 1. The molecule has 3 unspecified atom stereocenters. The summed E-state index contributed by atoms with van der Waals surface area (Å²) in [5.41, 5.74) is 0. The molecule has 0 saturated carbocycles. The van der Waals surface area contributed by atoms with Gasteiger partial charge in [-0.2, -0.15) is 0 Å². The lowest BCUT2D eigenvalue weighted by Crippen LogP contribution is -2.45. The Bertz CT molecular complexity index is 1970. The van der Waals surface area contributed by atoms with Crippen molar-refractivity contribution in [1.82, 2.24) is 5.32 Å². The summed E-state index contributed by atoms with van der Waals surface area (Å²) in [4.78, 5) is 23.5. The van der Waals surface area contributed by atoms with E-state index in [-0.39, 0.29) is 19.1 Å². The summed E-state index contributed by atoms with van der Waals surface area (Å²) in [5, 5.41) is 14.0. The van der Waals surface area contributed by atoms with Crippen LogP contribution < -0.4 is 5.32 Å². The zero-order valence-corrected chi connectivity index (χ0v) is 61.6. The molecule has 0 aromatic carbocycles. The number of allylic oxidation sites excluding steroid dienone is 21. The molecule has 0 radical (unpaired) electrons. The molecule has 0 aromatic heterocycles. The fraction of sp³-hybridized carbons (Fsp3) is 0.723. The molecular formula is C83H148N2O6P+. The van der Waals surface area contributed by atoms with Crippen LogP contribution in [0.4, 0.5) is 0 Å². The minimum atomic E-state index is -4.38. The van der Waals surface area contributed by atoms with E-state index in [1.165, 1.54) is 218 Å². The van der Waals surface area contributed by atoms with Crippen molar-refractivity contribution in [2.45, 2.75) is 347 Å². The van der Waals surface area contributed by atoms with E-state index in [1.807, 2.05) is 27.2 Å². The van der Waals surface area contributed by atoms with E-state index >= 15 is 0 Å². The average molecular weight is 1300 g/mol. The second kappa shape index (κ2) is 71.9. The van der Waals surface area contributed by atoms with Crippen LogP contribution in [0.5, 0.6) is 0 Å². The summed E-state index contributed by atoms with van der Waals surface area (Å²) in [6.45, 7) is 4.70. The third kappa shape index (κ3) is 74.0. The first kappa shape index (κ1) is 88.6. The molecule has 0 aromatic rings. The van der Waals surface area contributed by atoms with Crippen molar-refractivity contribution in [2.75, 3.05) is 40.9 Å². The van der Waals surface area contributed by atoms with Crippen LogP contribution in [0.2, 0.25) is 0 Å². The normalized spacial score (nSPS) is 14.3. The minimum Gasteiger partial charge on any atom is -0.387 e. The Morgan fingerprint density at radius 2 is 0.663 bits per heavy atom. The Hall–Kier alpha value is -3.36. The first-order chi connectivity index (χ1) is 45.0. The number of nitrogens with zero attached hydrogens (tertiary/aromatic N) is 1. The molecule has 9 heteroatoms. The molecule has 0 heterocycles. The van der Waals surface area contributed by atoms with Crippen molar-refractivity contribution in [2.24, 2.45) is 0 Å². The molecule has 530 valence electrons. The SMILES string of the molecule is CC/C=C\C/C=C\C/C=C\C/C=C\C/C=C\C/C=C\C/C=C\C/C=C\CCCCCCCCCCCCCCCCC(=O)NC(COP(=O)(O)OCC[N+](C)(C)C)C(O)/C=C/CC/C=C/CC/C=C/CCCCCCCCCCCCCCCCCCCCCCC. The quantitative estimate of drug-likeness (QED) is 0.0243. The molecule has 0 spiro atoms. The van der Waals surface area contributed by atoms with Gasteiger partial charge < -0.3 is 19.8 Å². The number of amides is 1. The van der Waals surface area contributed by atoms with Gasteiger partial charge in [0.05, 0.1) is 39.9 Å². The lowest BCUT2D eigenvalue weighted by Gasteiger charge is -2.25. The Morgan fingerprint density at radius 1 is 0.380 bits per heavy atom. The van der Waals surface area contributed by atoms with Gasteiger partial charge in [-0.15, -0.1) is 0 Å². The summed E-state index contributed by atoms with van der Waals surface area (Å²) in [6.07, 6.45) is 109. The van der Waals surface area contributed by atoms with Crippen molar-refractivity contribution in [3.05, 3.63) is 134 Å². The highest BCUT2D eigenvalue weighted by Crippen LogP contribution is 2.43. The van der Waals surface area contributed by atoms with Crippen LogP contribution >= 0.6 is 7.82 Å². The topological polar surface area (TPSA) is 105 Å². The monoisotopic (exact) mass is 1300 g/mol. The number of hydrogen-bond acceptors (Lipinski definition) is 5. The summed E-state index contributed by atoms with van der Waals surface area (Å²) >= 11 is 0. The largest absolute Gasteiger partial charge is 0.472 e. The summed E-state index contributed by atoms with van der Waals surface area (Å²) in [6, 6.07) is -0.880. The van der Waals surface area contributed by atoms with E-state index in [4.69, 9.17) is 9.05 Å². The summed E-state index contributed by atoms with van der Waals surface area (Å²) in [7, 11) is 1.54. The molecule has 3 N–H and O–H groups in total. The lowest BCUT2D eigenvalue weighted by molar-refractivity contribution is -0.870. The van der Waals surface area contributed by atoms with Crippen LogP contribution in [-0.2, 0) is 18.4 Å². The van der Waals surface area contributed by atoms with Gasteiger partial charge in [-0.1, -0.05) is 353 Å². The van der Waals surface area contributed by atoms with Crippen molar-refractivity contribution in [3.8, 4) is 0 Å². The van der Waals surface area contributed by atoms with Gasteiger partial charge in [0.1, 0.15) is 13.2 Å². The van der Waals surface area contributed by atoms with E-state index in [0.717, 1.165) is 96.3 Å². The Morgan fingerprint density at radius 3 is 1.00 bits per heavy atom. The number of aliphatic hydroxyl groups is 1. The number of nitrogens with one attached hydrogen (secondary N) is 1. The highest BCUT2D eigenvalue weighted by Gasteiger charge is 2.28. The molecule has 0 aliphatic carbocycles. The van der Waals surface area contributed by atoms with Gasteiger partial charge in [0.25, 0.3) is 0 Å². The van der Waals surface area contributed by atoms with E-state index in [1.54, 1.807) is 6.08 Å². The molecule has 0 rings (SSSR count). The minimum absolute atomic E-state index is 0.0487. The van der Waals surface area contributed by atoms with Crippen LogP contribution in [-0.4, -0.2) is 73.4 Å². The number of rotatable bonds is 70. The number of likely N-dealkylation sites (N-methyl/N-ethyl adjacent to an activating group) is 1. The number of aliphatic hydroxyl groups excluding tert-OH is 1. The standard InChI is InChI=1S/C83H147N2O6P/c1-6-8-10-12-14-16-18-20-22-24-26-28-30-32-34-36-38-39-40-41-42-43-44-45-47-49-51-53-55-57-59-61-63-65-67-69-71-73-75-77-83(87)84-81(80-91-92(88,89)90-79-78-85(3,4)5)82(86)76-74-72-70-68-66-64-62-60-58-56-54-52-50-48-46-37-35-33-31-29-27-25-23-21-19-17-15-13-11-9-7-2/h8,10,14,16,20,22,26,28,32,34,38-39,41-42,44-45,58,60,66,68,74,76,81-82,86H,6-7,9,11-13,15,17-19,21,23-25,27,29-31,33,35-37,40,43,46-57,59,61-65,67,69-73,75,77-80H2,1-5H3,(H-,84,87,88,89)/p+1/b10-8-,16-14-,22-20-,28-26-,34-32-,39-38-,42-41-,45-44-,60-58+,68-66+,76-74+. The van der Waals surface area contributed by atoms with E-state index in [9.17, 15) is 19.4 Å². The van der Waals surface area contributed by atoms with Gasteiger partial charge in [0.15, 0.2) is 0 Å². The molecule has 0 bridgehead atoms. The van der Waals surface area contributed by atoms with Gasteiger partial charge in [0.2, 0.25) is 5.91 Å². The second-order valence-corrected chi connectivity index (χ2v) is 28.4. The number of quaternary nitrogens is 1. The first-order valence-electron chi connectivity index (χ1n) is 38.6. The van der Waals surface area contributed by atoms with Gasteiger partial charge in [-0.25, -0.2) is 4.57 Å². The van der Waals surface area contributed by atoms with Crippen LogP contribution in [0.3, 0.4) is 0 Å². The number of phosphoric acid groups is 1. The molecule has 0 fully saturated rings. The van der Waals surface area contributed by atoms with Crippen LogP contribution in [0, 0.1) is 0 Å². The van der Waals surface area contributed by atoms with Gasteiger partial charge in [-0.05, 0) is 109 Å². The van der Waals surface area contributed by atoms with Crippen molar-refractivity contribution in [1.29, 1.82) is 0 Å². The molecule has 3 atom stereocenters. The Labute approximate surface area is 570 Å². The molecular weight excluding hydrogens is 1150 g/mol. The third-order valence-electron chi connectivity index (χ3n) is 16.8. The smallest absolute Gasteiger partial charge is 0.387 e. The fourth-order valence-corrected chi connectivity index (χ4v) is 11.7. The maximum atomic E-state index is 13.1. The van der Waals surface area contributed by atoms with Crippen molar-refractivity contribution in [3.63, 3.8) is 0 Å². The predicted molar refractivity (Wildman–Crippen MR) is 405 cm³/mol. The average Bonchev–Trinajstić information content (AvgIpc) is 2.63. The number of hydrogen-bond donors (Lipinski definition) is 3. The lowest BCUT2D eigenvalue weighted by atomic mass is 10.0. The van der Waals surface area contributed by atoms with Crippen LogP contribution in [0.1, 0.15) is 335 Å². The van der Waals surface area contributed by atoms with E-state index in [0.29, 0.717) is 17.4 Å². The van der Waals surface area contributed by atoms with Crippen molar-refractivity contribution < 1.29 is 32.9 Å². The van der Waals surface area contributed by atoms with E-state index < -0.39 is 20.0 Å². The van der Waals surface area contributed by atoms with Crippen LogP contribution in [0.15, 0.2) is 134 Å². The molecule has 0 aliphatic rings. The van der Waals surface area contributed by atoms with Gasteiger partial charge in [-0.3, -0.25) is 13.8 Å². The van der Waals surface area contributed by atoms with Crippen molar-refractivity contribution >= 4 is 13.7 Å². The van der Waals surface area contributed by atoms with E-state index in [2.05, 4.69) is 141 Å². The maximum absolute atomic E-state index is 13.1. The highest BCUT2D eigenvalue weighted by molar-refractivity contribution is 7.47. The fourth-order valence-electron chi connectivity index (χ4n) is 10.9. The van der Waals surface area contributed by atoms with Gasteiger partial charge in [0, 0.05) is 6.42 Å². The van der Waals surface area contributed by atoms with Gasteiger partial charge >= 0.3 is 7.82 Å². The summed E-state index contributed by atoms with van der Waals surface area (Å²) < 4.78 is 23.8. The molecule has 92 heavy (non-hydrogen) atoms. The molecule has 1 amide bonds. The first-order valence-corrected chi connectivity index (χ1v) is 40.1. The second-order valence-electron chi connectivity index (χ2n) is 27.0. The maximum Gasteiger partial charge on any atom is 0.472 e. The Kier molecular flexibility index (Phi) is 69.3. The zero-order valence-electron chi connectivity index (χ0n) is 60.8. The third-order valence-corrected chi connectivity index (χ3v) is 17.8. The zero-order chi connectivity index (χ0) is 66.9. The number of carbonyl (C=O) groups is 1. The predicted octanol–water partition coefficient (Wildman–Crippen LogP) is 25.3.